The van der Waals surface area contributed by atoms with Crippen LogP contribution in [-0.4, -0.2) is 55.6 Å². The van der Waals surface area contributed by atoms with E-state index in [2.05, 4.69) is 15.5 Å². The van der Waals surface area contributed by atoms with Crippen LogP contribution in [0.4, 0.5) is 5.69 Å². The molecule has 1 heterocycles. The minimum atomic E-state index is -0.00963. The Morgan fingerprint density at radius 1 is 0.938 bits per heavy atom. The molecule has 0 spiro atoms. The van der Waals surface area contributed by atoms with E-state index < -0.39 is 0 Å². The second-order valence-corrected chi connectivity index (χ2v) is 7.86. The monoisotopic (exact) mass is 439 g/mol. The summed E-state index contributed by atoms with van der Waals surface area (Å²) in [6, 6.07) is 17.2. The summed E-state index contributed by atoms with van der Waals surface area (Å²) in [5.74, 6) is 1.47. The fourth-order valence-corrected chi connectivity index (χ4v) is 3.72. The molecular weight excluding hydrogens is 406 g/mol. The SMILES string of the molecule is CCOc1ccccc1OCCCC(=O)NC1CCN(CC(=O)Nc2ccccc2)CC1. The van der Waals surface area contributed by atoms with Crippen molar-refractivity contribution in [1.29, 1.82) is 0 Å². The van der Waals surface area contributed by atoms with Crippen LogP contribution in [-0.2, 0) is 9.59 Å². The van der Waals surface area contributed by atoms with Crippen LogP contribution in [0.25, 0.3) is 0 Å². The molecule has 172 valence electrons. The Balaban J connectivity index is 1.29. The summed E-state index contributed by atoms with van der Waals surface area (Å²) in [7, 11) is 0. The molecular formula is C25H33N3O4. The van der Waals surface area contributed by atoms with Gasteiger partial charge in [0.2, 0.25) is 11.8 Å². The topological polar surface area (TPSA) is 79.9 Å². The number of ether oxygens (including phenoxy) is 2. The van der Waals surface area contributed by atoms with E-state index in [1.807, 2.05) is 61.5 Å². The van der Waals surface area contributed by atoms with Gasteiger partial charge in [-0.05, 0) is 50.5 Å². The Hall–Kier alpha value is -3.06. The molecule has 7 heteroatoms. The number of para-hydroxylation sites is 3. The summed E-state index contributed by atoms with van der Waals surface area (Å²) in [4.78, 5) is 26.6. The number of nitrogens with one attached hydrogen (secondary N) is 2. The molecule has 2 aromatic rings. The van der Waals surface area contributed by atoms with Crippen molar-refractivity contribution in [3.63, 3.8) is 0 Å². The summed E-state index contributed by atoms with van der Waals surface area (Å²) >= 11 is 0. The van der Waals surface area contributed by atoms with Crippen molar-refractivity contribution in [2.45, 2.75) is 38.6 Å². The molecule has 0 aromatic heterocycles. The first-order valence-corrected chi connectivity index (χ1v) is 11.3. The van der Waals surface area contributed by atoms with E-state index >= 15 is 0 Å². The van der Waals surface area contributed by atoms with Crippen molar-refractivity contribution in [2.24, 2.45) is 0 Å². The quantitative estimate of drug-likeness (QED) is 0.524. The fourth-order valence-electron chi connectivity index (χ4n) is 3.72. The Kier molecular flexibility index (Phi) is 9.37. The van der Waals surface area contributed by atoms with E-state index in [-0.39, 0.29) is 17.9 Å². The maximum Gasteiger partial charge on any atom is 0.238 e. The number of carbonyl (C=O) groups is 2. The number of amides is 2. The molecule has 2 N–H and O–H groups in total. The second kappa shape index (κ2) is 12.7. The van der Waals surface area contributed by atoms with Crippen LogP contribution in [0.15, 0.2) is 54.6 Å². The zero-order chi connectivity index (χ0) is 22.6. The molecule has 2 amide bonds. The van der Waals surface area contributed by atoms with Crippen molar-refractivity contribution in [2.75, 3.05) is 38.2 Å². The van der Waals surface area contributed by atoms with Gasteiger partial charge in [0.1, 0.15) is 0 Å². The smallest absolute Gasteiger partial charge is 0.238 e. The summed E-state index contributed by atoms with van der Waals surface area (Å²) in [5.41, 5.74) is 0.810. The van der Waals surface area contributed by atoms with Crippen LogP contribution in [0.1, 0.15) is 32.6 Å². The van der Waals surface area contributed by atoms with Gasteiger partial charge in [0.25, 0.3) is 0 Å². The Morgan fingerprint density at radius 3 is 2.28 bits per heavy atom. The van der Waals surface area contributed by atoms with Gasteiger partial charge in [-0.15, -0.1) is 0 Å². The van der Waals surface area contributed by atoms with Gasteiger partial charge in [-0.1, -0.05) is 30.3 Å². The molecule has 0 unspecified atom stereocenters. The maximum absolute atomic E-state index is 12.3. The number of anilines is 1. The summed E-state index contributed by atoms with van der Waals surface area (Å²) < 4.78 is 11.3. The highest BCUT2D eigenvalue weighted by molar-refractivity contribution is 5.92. The third-order valence-corrected chi connectivity index (χ3v) is 5.33. The lowest BCUT2D eigenvalue weighted by molar-refractivity contribution is -0.123. The largest absolute Gasteiger partial charge is 0.490 e. The van der Waals surface area contributed by atoms with Crippen LogP contribution in [0, 0.1) is 0 Å². The number of hydrogen-bond acceptors (Lipinski definition) is 5. The Bertz CT molecular complexity index is 851. The molecule has 7 nitrogen and oxygen atoms in total. The van der Waals surface area contributed by atoms with Crippen molar-refractivity contribution in [1.82, 2.24) is 10.2 Å². The summed E-state index contributed by atoms with van der Waals surface area (Å²) in [6.07, 6.45) is 2.77. The minimum absolute atomic E-state index is 0.00963. The average molecular weight is 440 g/mol. The number of likely N-dealkylation sites (tertiary alicyclic amines) is 1. The van der Waals surface area contributed by atoms with Crippen LogP contribution < -0.4 is 20.1 Å². The number of rotatable bonds is 11. The van der Waals surface area contributed by atoms with E-state index in [1.165, 1.54) is 0 Å². The van der Waals surface area contributed by atoms with Gasteiger partial charge in [0.15, 0.2) is 11.5 Å². The average Bonchev–Trinajstić information content (AvgIpc) is 2.80. The molecule has 1 fully saturated rings. The molecule has 2 aromatic carbocycles. The lowest BCUT2D eigenvalue weighted by Crippen LogP contribution is -2.46. The number of piperidine rings is 1. The molecule has 0 radical (unpaired) electrons. The lowest BCUT2D eigenvalue weighted by Gasteiger charge is -2.31. The summed E-state index contributed by atoms with van der Waals surface area (Å²) in [6.45, 7) is 4.95. The van der Waals surface area contributed by atoms with E-state index in [0.717, 1.165) is 37.4 Å². The van der Waals surface area contributed by atoms with E-state index in [9.17, 15) is 9.59 Å². The van der Waals surface area contributed by atoms with E-state index in [4.69, 9.17) is 9.47 Å². The van der Waals surface area contributed by atoms with Gasteiger partial charge in [0, 0.05) is 31.2 Å². The fraction of sp³-hybridized carbons (Fsp3) is 0.440. The van der Waals surface area contributed by atoms with Gasteiger partial charge in [-0.3, -0.25) is 14.5 Å². The zero-order valence-electron chi connectivity index (χ0n) is 18.7. The third-order valence-electron chi connectivity index (χ3n) is 5.33. The second-order valence-electron chi connectivity index (χ2n) is 7.86. The Morgan fingerprint density at radius 2 is 1.59 bits per heavy atom. The molecule has 1 saturated heterocycles. The number of hydrogen-bond donors (Lipinski definition) is 2. The Labute approximate surface area is 190 Å². The third kappa shape index (κ3) is 7.89. The van der Waals surface area contributed by atoms with E-state index in [1.54, 1.807) is 0 Å². The first-order chi connectivity index (χ1) is 15.6. The highest BCUT2D eigenvalue weighted by atomic mass is 16.5. The first-order valence-electron chi connectivity index (χ1n) is 11.3. The number of nitrogens with zero attached hydrogens (tertiary/aromatic N) is 1. The van der Waals surface area contributed by atoms with Gasteiger partial charge >= 0.3 is 0 Å². The van der Waals surface area contributed by atoms with Crippen molar-refractivity contribution >= 4 is 17.5 Å². The van der Waals surface area contributed by atoms with Crippen LogP contribution in [0.3, 0.4) is 0 Å². The number of benzene rings is 2. The molecule has 1 aliphatic rings. The first kappa shape index (κ1) is 23.6. The minimum Gasteiger partial charge on any atom is -0.490 e. The summed E-state index contributed by atoms with van der Waals surface area (Å²) in [5, 5.41) is 6.03. The molecule has 32 heavy (non-hydrogen) atoms. The van der Waals surface area contributed by atoms with Crippen molar-refractivity contribution in [3.05, 3.63) is 54.6 Å². The molecule has 0 saturated carbocycles. The predicted molar refractivity (Wildman–Crippen MR) is 125 cm³/mol. The molecule has 1 aliphatic heterocycles. The molecule has 0 aliphatic carbocycles. The van der Waals surface area contributed by atoms with Crippen LogP contribution >= 0.6 is 0 Å². The normalized spacial score (nSPS) is 14.5. The standard InChI is InChI=1S/C25H33N3O4/c1-2-31-22-11-6-7-12-23(22)32-18-8-13-24(29)26-21-14-16-28(17-15-21)19-25(30)27-20-9-4-3-5-10-20/h3-7,9-12,21H,2,8,13-19H2,1H3,(H,26,29)(H,27,30). The highest BCUT2D eigenvalue weighted by Gasteiger charge is 2.22. The van der Waals surface area contributed by atoms with Crippen molar-refractivity contribution in [3.8, 4) is 11.5 Å². The zero-order valence-corrected chi connectivity index (χ0v) is 18.7. The van der Waals surface area contributed by atoms with Crippen LogP contribution in [0.5, 0.6) is 11.5 Å². The predicted octanol–water partition coefficient (Wildman–Crippen LogP) is 3.46. The van der Waals surface area contributed by atoms with Gasteiger partial charge in [0.05, 0.1) is 19.8 Å². The van der Waals surface area contributed by atoms with Gasteiger partial charge < -0.3 is 20.1 Å². The number of carbonyl (C=O) groups excluding carboxylic acids is 2. The van der Waals surface area contributed by atoms with Gasteiger partial charge in [-0.2, -0.15) is 0 Å². The molecule has 0 bridgehead atoms. The van der Waals surface area contributed by atoms with Crippen LogP contribution in [0.2, 0.25) is 0 Å². The molecule has 0 atom stereocenters. The van der Waals surface area contributed by atoms with Crippen molar-refractivity contribution < 1.29 is 19.1 Å². The highest BCUT2D eigenvalue weighted by Crippen LogP contribution is 2.26. The lowest BCUT2D eigenvalue weighted by atomic mass is 10.0. The maximum atomic E-state index is 12.3. The van der Waals surface area contributed by atoms with E-state index in [0.29, 0.717) is 38.3 Å². The van der Waals surface area contributed by atoms with Gasteiger partial charge in [-0.25, -0.2) is 0 Å². The molecule has 3 rings (SSSR count).